The Kier molecular flexibility index (Phi) is 2.49. The van der Waals surface area contributed by atoms with Crippen LogP contribution in [0.25, 0.3) is 0 Å². The molecule has 0 unspecified atom stereocenters. The smallest absolute Gasteiger partial charge is 0.272 e. The summed E-state index contributed by atoms with van der Waals surface area (Å²) in [6.45, 7) is 0. The predicted molar refractivity (Wildman–Crippen MR) is 63.2 cm³/mol. The van der Waals surface area contributed by atoms with Gasteiger partial charge < -0.3 is 5.73 Å². The summed E-state index contributed by atoms with van der Waals surface area (Å²) in [5, 5.41) is 0.606. The minimum absolute atomic E-state index is 0.246. The van der Waals surface area contributed by atoms with Crippen LogP contribution in [0.3, 0.4) is 0 Å². The highest BCUT2D eigenvalue weighted by Gasteiger charge is 2.26. The average molecular weight is 231 g/mol. The van der Waals surface area contributed by atoms with Crippen molar-refractivity contribution in [3.8, 4) is 0 Å². The van der Waals surface area contributed by atoms with E-state index in [4.69, 9.17) is 11.6 Å². The molecule has 4 N–H and O–H groups in total. The molecule has 2 aromatic rings. The molecule has 1 amide bonds. The van der Waals surface area contributed by atoms with Crippen LogP contribution in [0.1, 0.15) is 10.4 Å². The highest BCUT2D eigenvalue weighted by atomic mass is 16.2. The molecule has 0 aliphatic heterocycles. The van der Waals surface area contributed by atoms with Crippen LogP contribution in [0.2, 0.25) is 0 Å². The van der Waals surface area contributed by atoms with E-state index in [9.17, 15) is 14.4 Å². The summed E-state index contributed by atoms with van der Waals surface area (Å²) in [5.74, 6) is 4.88. The van der Waals surface area contributed by atoms with Crippen molar-refractivity contribution < 1.29 is 4.79 Å². The lowest BCUT2D eigenvalue weighted by molar-refractivity contribution is 0.0986. The molecular formula is C11H9N3O3. The number of hydrazine groups is 1. The Morgan fingerprint density at radius 1 is 1.06 bits per heavy atom. The van der Waals surface area contributed by atoms with E-state index in [1.165, 1.54) is 0 Å². The third-order valence-corrected chi connectivity index (χ3v) is 2.40. The van der Waals surface area contributed by atoms with Crippen molar-refractivity contribution in [1.29, 1.82) is 0 Å². The number of carbonyl (C=O) groups is 1. The number of amides is 1. The minimum atomic E-state index is -0.839. The van der Waals surface area contributed by atoms with E-state index in [1.54, 1.807) is 30.3 Å². The third-order valence-electron chi connectivity index (χ3n) is 2.40. The highest BCUT2D eigenvalue weighted by Crippen LogP contribution is 2.15. The highest BCUT2D eigenvalue weighted by molar-refractivity contribution is 6.07. The van der Waals surface area contributed by atoms with E-state index in [1.807, 2.05) is 0 Å². The first kappa shape index (κ1) is 11.0. The lowest BCUT2D eigenvalue weighted by Gasteiger charge is -2.18. The summed E-state index contributed by atoms with van der Waals surface area (Å²) < 4.78 is 0. The molecule has 0 spiro atoms. The van der Waals surface area contributed by atoms with Gasteiger partial charge in [0.1, 0.15) is 11.4 Å². The molecular weight excluding hydrogens is 222 g/mol. The van der Waals surface area contributed by atoms with Crippen LogP contribution in [0, 0.1) is 0 Å². The quantitative estimate of drug-likeness (QED) is 0.310. The van der Waals surface area contributed by atoms with Crippen LogP contribution >= 0.6 is 0 Å². The number of anilines is 2. The molecule has 2 rings (SSSR count). The molecule has 0 atom stereocenters. The number of nitrogens with two attached hydrogens (primary N) is 2. The molecule has 0 fully saturated rings. The second-order valence-corrected chi connectivity index (χ2v) is 3.46. The van der Waals surface area contributed by atoms with Crippen molar-refractivity contribution in [2.75, 3.05) is 10.7 Å². The maximum atomic E-state index is 11.8. The van der Waals surface area contributed by atoms with Crippen LogP contribution in [-0.4, -0.2) is 5.91 Å². The largest absolute Gasteiger partial charge is 0.394 e. The number of carbonyl (C=O) groups excluding carboxylic acids is 1. The topological polar surface area (TPSA) is 106 Å². The lowest BCUT2D eigenvalue weighted by Crippen LogP contribution is -2.48. The molecule has 6 nitrogen and oxygen atoms in total. The van der Waals surface area contributed by atoms with Gasteiger partial charge >= 0.3 is 0 Å². The number of rotatable bonds is 2. The monoisotopic (exact) mass is 231 g/mol. The summed E-state index contributed by atoms with van der Waals surface area (Å²) in [5.41, 5.74) is 3.45. The van der Waals surface area contributed by atoms with Crippen molar-refractivity contribution in [2.24, 2.45) is 5.84 Å². The van der Waals surface area contributed by atoms with Crippen molar-refractivity contribution in [3.05, 3.63) is 56.3 Å². The second kappa shape index (κ2) is 3.84. The fourth-order valence-corrected chi connectivity index (χ4v) is 1.46. The molecule has 0 heterocycles. The minimum Gasteiger partial charge on any atom is -0.394 e. The first-order valence-corrected chi connectivity index (χ1v) is 4.77. The van der Waals surface area contributed by atoms with Gasteiger partial charge in [0.25, 0.3) is 16.8 Å². The number of hydrogen-bond acceptors (Lipinski definition) is 5. The summed E-state index contributed by atoms with van der Waals surface area (Å²) in [4.78, 5) is 33.9. The molecule has 0 saturated carbocycles. The molecule has 0 aliphatic carbocycles. The lowest BCUT2D eigenvalue weighted by atomic mass is 10.1. The first-order valence-electron chi connectivity index (χ1n) is 4.77. The van der Waals surface area contributed by atoms with Crippen LogP contribution < -0.4 is 27.4 Å². The van der Waals surface area contributed by atoms with Crippen molar-refractivity contribution in [3.63, 3.8) is 0 Å². The Hall–Kier alpha value is -2.47. The third kappa shape index (κ3) is 1.60. The van der Waals surface area contributed by atoms with Crippen molar-refractivity contribution in [1.82, 2.24) is 0 Å². The zero-order valence-electron chi connectivity index (χ0n) is 8.71. The SMILES string of the molecule is Nc1c(N(N)C(=O)c2ccccc2)c(=O)c1=O. The fraction of sp³-hybridized carbons (Fsp3) is 0. The van der Waals surface area contributed by atoms with E-state index >= 15 is 0 Å². The van der Waals surface area contributed by atoms with Gasteiger partial charge in [-0.1, -0.05) is 18.2 Å². The maximum absolute atomic E-state index is 11.8. The summed E-state index contributed by atoms with van der Waals surface area (Å²) in [7, 11) is 0. The van der Waals surface area contributed by atoms with Crippen LogP contribution in [-0.2, 0) is 0 Å². The van der Waals surface area contributed by atoms with E-state index in [-0.39, 0.29) is 11.4 Å². The summed E-state index contributed by atoms with van der Waals surface area (Å²) in [6.07, 6.45) is 0. The zero-order valence-corrected chi connectivity index (χ0v) is 8.71. The van der Waals surface area contributed by atoms with Gasteiger partial charge in [-0.15, -0.1) is 0 Å². The van der Waals surface area contributed by atoms with Gasteiger partial charge in [0, 0.05) is 5.56 Å². The molecule has 0 radical (unpaired) electrons. The van der Waals surface area contributed by atoms with Gasteiger partial charge in [-0.25, -0.2) is 10.9 Å². The number of nitrogens with zero attached hydrogens (tertiary/aromatic N) is 1. The molecule has 6 heteroatoms. The van der Waals surface area contributed by atoms with Crippen LogP contribution in [0.15, 0.2) is 39.9 Å². The molecule has 86 valence electrons. The van der Waals surface area contributed by atoms with Gasteiger partial charge in [0.15, 0.2) is 0 Å². The summed E-state index contributed by atoms with van der Waals surface area (Å²) >= 11 is 0. The predicted octanol–water partition coefficient (Wildman–Crippen LogP) is -0.615. The van der Waals surface area contributed by atoms with E-state index in [0.29, 0.717) is 10.6 Å². The average Bonchev–Trinajstić information content (AvgIpc) is 2.38. The maximum Gasteiger partial charge on any atom is 0.272 e. The van der Waals surface area contributed by atoms with E-state index in [0.717, 1.165) is 0 Å². The van der Waals surface area contributed by atoms with E-state index in [2.05, 4.69) is 0 Å². The number of nitrogen functional groups attached to an aromatic ring is 1. The molecule has 0 aromatic heterocycles. The van der Waals surface area contributed by atoms with Crippen molar-refractivity contribution >= 4 is 17.3 Å². The Bertz CT molecular complexity index is 642. The van der Waals surface area contributed by atoms with Gasteiger partial charge in [0.05, 0.1) is 0 Å². The second-order valence-electron chi connectivity index (χ2n) is 3.46. The van der Waals surface area contributed by atoms with Crippen LogP contribution in [0.4, 0.5) is 11.4 Å². The number of hydrogen-bond donors (Lipinski definition) is 2. The van der Waals surface area contributed by atoms with Crippen molar-refractivity contribution in [2.45, 2.75) is 0 Å². The Labute approximate surface area is 95.7 Å². The van der Waals surface area contributed by atoms with Gasteiger partial charge in [-0.2, -0.15) is 0 Å². The number of benzene rings is 1. The molecule has 0 bridgehead atoms. The fourth-order valence-electron chi connectivity index (χ4n) is 1.46. The van der Waals surface area contributed by atoms with E-state index < -0.39 is 16.8 Å². The Balaban J connectivity index is 2.35. The van der Waals surface area contributed by atoms with Gasteiger partial charge in [0.2, 0.25) is 0 Å². The first-order chi connectivity index (χ1) is 8.04. The zero-order chi connectivity index (χ0) is 12.6. The molecule has 17 heavy (non-hydrogen) atoms. The van der Waals surface area contributed by atoms with Gasteiger partial charge in [-0.05, 0) is 12.1 Å². The molecule has 2 aromatic carbocycles. The van der Waals surface area contributed by atoms with Gasteiger partial charge in [-0.3, -0.25) is 14.4 Å². The standard InChI is InChI=1S/C11H9N3O3/c12-7-8(10(16)9(7)15)14(13)11(17)6-4-2-1-3-5-6/h1-5H,12-13H2. The molecule has 0 saturated heterocycles. The Morgan fingerprint density at radius 2 is 1.65 bits per heavy atom. The van der Waals surface area contributed by atoms with Crippen LogP contribution in [0.5, 0.6) is 0 Å². The Morgan fingerprint density at radius 3 is 2.18 bits per heavy atom. The normalized spacial score (nSPS) is 10.4. The molecule has 0 aliphatic rings. The summed E-state index contributed by atoms with van der Waals surface area (Å²) in [6, 6.07) is 8.15.